The van der Waals surface area contributed by atoms with Gasteiger partial charge >= 0.3 is 0 Å². The maximum absolute atomic E-state index is 12.1. The van der Waals surface area contributed by atoms with Gasteiger partial charge in [-0.1, -0.05) is 27.2 Å². The number of rotatable bonds is 10. The second-order valence-electron chi connectivity index (χ2n) is 6.98. The first-order chi connectivity index (χ1) is 12.4. The topological polar surface area (TPSA) is 111 Å². The molecule has 1 aliphatic rings. The van der Waals surface area contributed by atoms with E-state index in [-0.39, 0.29) is 23.8 Å². The van der Waals surface area contributed by atoms with Crippen LogP contribution in [0.5, 0.6) is 0 Å². The van der Waals surface area contributed by atoms with Crippen LogP contribution < -0.4 is 16.0 Å². The summed E-state index contributed by atoms with van der Waals surface area (Å²) in [5.74, 6) is 0.0235. The van der Waals surface area contributed by atoms with Crippen LogP contribution in [0.25, 0.3) is 0 Å². The Bertz CT molecular complexity index is 474. The van der Waals surface area contributed by atoms with Gasteiger partial charge in [0.25, 0.3) is 0 Å². The molecule has 1 heterocycles. The van der Waals surface area contributed by atoms with Crippen molar-refractivity contribution in [1.29, 1.82) is 5.26 Å². The van der Waals surface area contributed by atoms with Crippen molar-refractivity contribution in [3.63, 3.8) is 0 Å². The van der Waals surface area contributed by atoms with Gasteiger partial charge in [-0.2, -0.15) is 5.26 Å². The van der Waals surface area contributed by atoms with Crippen LogP contribution in [-0.4, -0.2) is 43.8 Å². The Morgan fingerprint density at radius 1 is 1.46 bits per heavy atom. The Morgan fingerprint density at radius 2 is 2.15 bits per heavy atom. The summed E-state index contributed by atoms with van der Waals surface area (Å²) >= 11 is 0. The Labute approximate surface area is 157 Å². The van der Waals surface area contributed by atoms with Gasteiger partial charge in [-0.05, 0) is 38.6 Å². The smallest absolute Gasteiger partial charge is 0.238 e. The Morgan fingerprint density at radius 3 is 2.54 bits per heavy atom. The van der Waals surface area contributed by atoms with Crippen molar-refractivity contribution in [2.24, 2.45) is 11.8 Å². The van der Waals surface area contributed by atoms with Gasteiger partial charge in [-0.3, -0.25) is 9.59 Å². The summed E-state index contributed by atoms with van der Waals surface area (Å²) in [4.78, 5) is 33.2. The average molecular weight is 367 g/mol. The first kappa shape index (κ1) is 24.1. The molecule has 3 unspecified atom stereocenters. The lowest BCUT2D eigenvalue weighted by Gasteiger charge is -2.21. The molecule has 0 bridgehead atoms. The molecular formula is C19H34N4O3. The zero-order chi connectivity index (χ0) is 19.9. The van der Waals surface area contributed by atoms with Crippen LogP contribution in [0.15, 0.2) is 0 Å². The first-order valence-corrected chi connectivity index (χ1v) is 9.48. The molecule has 0 aromatic carbocycles. The van der Waals surface area contributed by atoms with Gasteiger partial charge in [0.05, 0.1) is 12.1 Å². The van der Waals surface area contributed by atoms with Crippen molar-refractivity contribution in [3.05, 3.63) is 0 Å². The molecule has 148 valence electrons. The maximum Gasteiger partial charge on any atom is 0.238 e. The quantitative estimate of drug-likeness (QED) is 0.401. The molecule has 3 N–H and O–H groups in total. The maximum atomic E-state index is 12.1. The first-order valence-electron chi connectivity index (χ1n) is 9.48. The van der Waals surface area contributed by atoms with Crippen LogP contribution in [-0.2, 0) is 14.4 Å². The van der Waals surface area contributed by atoms with Crippen molar-refractivity contribution < 1.29 is 14.4 Å². The summed E-state index contributed by atoms with van der Waals surface area (Å²) < 4.78 is 0. The highest BCUT2D eigenvalue weighted by Crippen LogP contribution is 2.16. The van der Waals surface area contributed by atoms with Crippen LogP contribution in [0.1, 0.15) is 59.3 Å². The molecular weight excluding hydrogens is 332 g/mol. The van der Waals surface area contributed by atoms with Gasteiger partial charge in [0, 0.05) is 18.9 Å². The molecule has 0 saturated carbocycles. The summed E-state index contributed by atoms with van der Waals surface area (Å²) in [6, 6.07) is 1.16. The largest absolute Gasteiger partial charge is 0.356 e. The number of hydrogen-bond donors (Lipinski definition) is 3. The van der Waals surface area contributed by atoms with Crippen molar-refractivity contribution in [2.75, 3.05) is 13.6 Å². The zero-order valence-corrected chi connectivity index (χ0v) is 16.5. The normalized spacial score (nSPS) is 18.2. The number of nitrogens with zero attached hydrogens (tertiary/aromatic N) is 1. The van der Waals surface area contributed by atoms with E-state index in [9.17, 15) is 14.4 Å². The number of nitrogens with one attached hydrogen (secondary N) is 3. The van der Waals surface area contributed by atoms with Crippen molar-refractivity contribution in [3.8, 4) is 6.07 Å². The minimum Gasteiger partial charge on any atom is -0.356 e. The highest BCUT2D eigenvalue weighted by atomic mass is 16.2. The SMILES string of the molecule is CCCCC=O.CNC(CC(C)C)C(=O)NC(C#N)CC1CCNC1=O. The van der Waals surface area contributed by atoms with Crippen molar-refractivity contribution >= 4 is 18.1 Å². The van der Waals surface area contributed by atoms with E-state index in [1.54, 1.807) is 7.05 Å². The lowest BCUT2D eigenvalue weighted by atomic mass is 9.98. The Hall–Kier alpha value is -1.94. The molecule has 0 radical (unpaired) electrons. The van der Waals surface area contributed by atoms with E-state index in [0.29, 0.717) is 25.3 Å². The molecule has 0 aromatic rings. The van der Waals surface area contributed by atoms with E-state index < -0.39 is 6.04 Å². The summed E-state index contributed by atoms with van der Waals surface area (Å²) in [5.41, 5.74) is 0. The lowest BCUT2D eigenvalue weighted by Crippen LogP contribution is -2.47. The number of carbonyl (C=O) groups excluding carboxylic acids is 3. The number of amides is 2. The standard InChI is InChI=1S/C14H24N4O2.C5H10O/c1-9(2)6-12(16-3)14(20)18-11(8-15)7-10-4-5-17-13(10)19;1-2-3-4-5-6/h9-12,16H,4-7H2,1-3H3,(H,17,19)(H,18,20);5H,2-4H2,1H3. The van der Waals surface area contributed by atoms with Gasteiger partial charge in [-0.25, -0.2) is 0 Å². The Kier molecular flexibility index (Phi) is 13.2. The van der Waals surface area contributed by atoms with Gasteiger partial charge < -0.3 is 20.7 Å². The average Bonchev–Trinajstić information content (AvgIpc) is 3.02. The van der Waals surface area contributed by atoms with Gasteiger partial charge in [0.15, 0.2) is 0 Å². The van der Waals surface area contributed by atoms with Crippen LogP contribution in [0.4, 0.5) is 0 Å². The minimum absolute atomic E-state index is 0.0214. The molecule has 1 saturated heterocycles. The lowest BCUT2D eigenvalue weighted by molar-refractivity contribution is -0.125. The molecule has 7 heteroatoms. The fourth-order valence-electron chi connectivity index (χ4n) is 2.69. The van der Waals surface area contributed by atoms with Crippen LogP contribution in [0.2, 0.25) is 0 Å². The van der Waals surface area contributed by atoms with E-state index in [2.05, 4.69) is 28.9 Å². The summed E-state index contributed by atoms with van der Waals surface area (Å²) in [5, 5.41) is 17.6. The van der Waals surface area contributed by atoms with Crippen LogP contribution in [0.3, 0.4) is 0 Å². The minimum atomic E-state index is -0.612. The van der Waals surface area contributed by atoms with E-state index in [4.69, 9.17) is 5.26 Å². The summed E-state index contributed by atoms with van der Waals surface area (Å²) in [6.45, 7) is 6.82. The zero-order valence-electron chi connectivity index (χ0n) is 16.5. The fourth-order valence-corrected chi connectivity index (χ4v) is 2.69. The summed E-state index contributed by atoms with van der Waals surface area (Å²) in [6.07, 6.45) is 5.69. The monoisotopic (exact) mass is 366 g/mol. The fraction of sp³-hybridized carbons (Fsp3) is 0.789. The van der Waals surface area contributed by atoms with E-state index >= 15 is 0 Å². The predicted octanol–water partition coefficient (Wildman–Crippen LogP) is 1.53. The van der Waals surface area contributed by atoms with Gasteiger partial charge in [0.1, 0.15) is 12.3 Å². The number of nitriles is 1. The molecule has 3 atom stereocenters. The molecule has 0 spiro atoms. The van der Waals surface area contributed by atoms with E-state index in [1.807, 2.05) is 13.8 Å². The second kappa shape index (κ2) is 14.3. The third-order valence-electron chi connectivity index (χ3n) is 4.20. The highest BCUT2D eigenvalue weighted by Gasteiger charge is 2.29. The third-order valence-corrected chi connectivity index (χ3v) is 4.20. The predicted molar refractivity (Wildman–Crippen MR) is 101 cm³/mol. The van der Waals surface area contributed by atoms with Crippen LogP contribution in [0, 0.1) is 23.2 Å². The molecule has 7 nitrogen and oxygen atoms in total. The van der Waals surface area contributed by atoms with E-state index in [0.717, 1.165) is 32.0 Å². The van der Waals surface area contributed by atoms with Gasteiger partial charge in [0.2, 0.25) is 11.8 Å². The number of aldehydes is 1. The van der Waals surface area contributed by atoms with Gasteiger partial charge in [-0.15, -0.1) is 0 Å². The molecule has 26 heavy (non-hydrogen) atoms. The molecule has 1 aliphatic heterocycles. The molecule has 0 aromatic heterocycles. The number of hydrogen-bond acceptors (Lipinski definition) is 5. The Balaban J connectivity index is 0.000000896. The number of carbonyl (C=O) groups is 3. The molecule has 1 fully saturated rings. The van der Waals surface area contributed by atoms with Crippen molar-refractivity contribution in [1.82, 2.24) is 16.0 Å². The molecule has 0 aliphatic carbocycles. The number of unbranched alkanes of at least 4 members (excludes halogenated alkanes) is 2. The van der Waals surface area contributed by atoms with Crippen LogP contribution >= 0.6 is 0 Å². The molecule has 1 rings (SSSR count). The van der Waals surface area contributed by atoms with E-state index in [1.165, 1.54) is 0 Å². The summed E-state index contributed by atoms with van der Waals surface area (Å²) in [7, 11) is 1.73. The highest BCUT2D eigenvalue weighted by molar-refractivity contribution is 5.83. The third kappa shape index (κ3) is 10.1. The van der Waals surface area contributed by atoms with Crippen molar-refractivity contribution in [2.45, 2.75) is 71.4 Å². The second-order valence-corrected chi connectivity index (χ2v) is 6.98. The molecule has 2 amide bonds. The number of likely N-dealkylation sites (N-methyl/N-ethyl adjacent to an activating group) is 1.